The number of rotatable bonds is 4. The lowest BCUT2D eigenvalue weighted by Crippen LogP contribution is -2.19. The molecule has 0 aliphatic heterocycles. The van der Waals surface area contributed by atoms with Gasteiger partial charge in [0.2, 0.25) is 0 Å². The van der Waals surface area contributed by atoms with Gasteiger partial charge in [0.15, 0.2) is 0 Å². The first-order chi connectivity index (χ1) is 9.04. The summed E-state index contributed by atoms with van der Waals surface area (Å²) < 4.78 is 2.32. The second-order valence-corrected chi connectivity index (χ2v) is 5.23. The van der Waals surface area contributed by atoms with Gasteiger partial charge < -0.3 is 9.67 Å². The summed E-state index contributed by atoms with van der Waals surface area (Å²) in [6.45, 7) is 2.70. The minimum Gasteiger partial charge on any atom is -0.478 e. The van der Waals surface area contributed by atoms with Crippen LogP contribution < -0.4 is 5.56 Å². The SMILES string of the molecule is CCCCn1c(=O)ccc2cc(C(=O)O)cc(Br)c21. The first-order valence-electron chi connectivity index (χ1n) is 6.11. The number of aromatic carboxylic acids is 1. The number of fused-ring (bicyclic) bond motifs is 1. The third kappa shape index (κ3) is 2.71. The van der Waals surface area contributed by atoms with Crippen molar-refractivity contribution in [1.82, 2.24) is 4.57 Å². The van der Waals surface area contributed by atoms with Crippen LogP contribution in [0.3, 0.4) is 0 Å². The van der Waals surface area contributed by atoms with E-state index in [0.717, 1.165) is 23.7 Å². The largest absolute Gasteiger partial charge is 0.478 e. The average Bonchev–Trinajstić information content (AvgIpc) is 2.37. The molecule has 19 heavy (non-hydrogen) atoms. The Bertz CT molecular complexity index is 691. The number of nitrogens with zero attached hydrogens (tertiary/aromatic N) is 1. The molecule has 0 saturated carbocycles. The highest BCUT2D eigenvalue weighted by molar-refractivity contribution is 9.10. The van der Waals surface area contributed by atoms with Crippen LogP contribution >= 0.6 is 15.9 Å². The fourth-order valence-electron chi connectivity index (χ4n) is 2.06. The molecule has 0 radical (unpaired) electrons. The predicted molar refractivity (Wildman–Crippen MR) is 77.8 cm³/mol. The Labute approximate surface area is 118 Å². The lowest BCUT2D eigenvalue weighted by Gasteiger charge is -2.12. The second-order valence-electron chi connectivity index (χ2n) is 4.38. The van der Waals surface area contributed by atoms with Crippen molar-refractivity contribution in [2.75, 3.05) is 0 Å². The Morgan fingerprint density at radius 3 is 2.74 bits per heavy atom. The number of aryl methyl sites for hydroxylation is 1. The lowest BCUT2D eigenvalue weighted by atomic mass is 10.1. The molecule has 0 spiro atoms. The zero-order valence-corrected chi connectivity index (χ0v) is 12.1. The average molecular weight is 324 g/mol. The number of aromatic nitrogens is 1. The monoisotopic (exact) mass is 323 g/mol. The van der Waals surface area contributed by atoms with Crippen LogP contribution in [0.4, 0.5) is 0 Å². The van der Waals surface area contributed by atoms with Crippen molar-refractivity contribution < 1.29 is 9.90 Å². The minimum absolute atomic E-state index is 0.0651. The summed E-state index contributed by atoms with van der Waals surface area (Å²) in [6, 6.07) is 6.27. The maximum Gasteiger partial charge on any atom is 0.335 e. The molecule has 0 saturated heterocycles. The van der Waals surface area contributed by atoms with Gasteiger partial charge in [0.25, 0.3) is 5.56 Å². The van der Waals surface area contributed by atoms with Crippen LogP contribution in [0.1, 0.15) is 30.1 Å². The van der Waals surface area contributed by atoms with Gasteiger partial charge in [-0.25, -0.2) is 4.79 Å². The Morgan fingerprint density at radius 1 is 1.37 bits per heavy atom. The summed E-state index contributed by atoms with van der Waals surface area (Å²) in [5.41, 5.74) is 0.899. The normalized spacial score (nSPS) is 10.8. The number of halogens is 1. The molecule has 0 aliphatic rings. The number of unbranched alkanes of at least 4 members (excludes halogenated alkanes) is 1. The molecular weight excluding hydrogens is 310 g/mol. The number of carbonyl (C=O) groups is 1. The molecule has 0 atom stereocenters. The first-order valence-corrected chi connectivity index (χ1v) is 6.90. The Balaban J connectivity index is 2.71. The maximum atomic E-state index is 11.9. The minimum atomic E-state index is -0.978. The fraction of sp³-hybridized carbons (Fsp3) is 0.286. The van der Waals surface area contributed by atoms with Crippen molar-refractivity contribution >= 4 is 32.8 Å². The number of pyridine rings is 1. The Kier molecular flexibility index (Phi) is 4.04. The molecule has 0 unspecified atom stereocenters. The van der Waals surface area contributed by atoms with Crippen molar-refractivity contribution in [3.05, 3.63) is 44.7 Å². The van der Waals surface area contributed by atoms with Gasteiger partial charge in [0.1, 0.15) is 0 Å². The van der Waals surface area contributed by atoms with E-state index in [-0.39, 0.29) is 11.1 Å². The van der Waals surface area contributed by atoms with E-state index < -0.39 is 5.97 Å². The third-order valence-electron chi connectivity index (χ3n) is 3.02. The molecular formula is C14H14BrNO3. The van der Waals surface area contributed by atoms with Crippen LogP contribution in [0.25, 0.3) is 10.9 Å². The number of carboxylic acids is 1. The van der Waals surface area contributed by atoms with E-state index in [1.807, 2.05) is 0 Å². The molecule has 1 N–H and O–H groups in total. The molecule has 0 amide bonds. The van der Waals surface area contributed by atoms with Crippen LogP contribution in [0.5, 0.6) is 0 Å². The van der Waals surface area contributed by atoms with E-state index in [2.05, 4.69) is 22.9 Å². The molecule has 5 heteroatoms. The molecule has 2 rings (SSSR count). The molecule has 0 bridgehead atoms. The lowest BCUT2D eigenvalue weighted by molar-refractivity contribution is 0.0697. The summed E-state index contributed by atoms with van der Waals surface area (Å²) in [5.74, 6) is -0.978. The molecule has 1 aromatic carbocycles. The zero-order chi connectivity index (χ0) is 14.0. The van der Waals surface area contributed by atoms with Gasteiger partial charge in [0.05, 0.1) is 11.1 Å². The highest BCUT2D eigenvalue weighted by Crippen LogP contribution is 2.25. The number of carboxylic acid groups (broad SMARTS) is 1. The summed E-state index contributed by atoms with van der Waals surface area (Å²) in [4.78, 5) is 23.0. The quantitative estimate of drug-likeness (QED) is 0.939. The zero-order valence-electron chi connectivity index (χ0n) is 10.5. The van der Waals surface area contributed by atoms with Gasteiger partial charge >= 0.3 is 5.97 Å². The summed E-state index contributed by atoms with van der Waals surface area (Å²) in [5, 5.41) is 9.80. The molecule has 0 aliphatic carbocycles. The van der Waals surface area contributed by atoms with E-state index in [0.29, 0.717) is 11.0 Å². The number of hydrogen-bond donors (Lipinski definition) is 1. The van der Waals surface area contributed by atoms with Crippen molar-refractivity contribution in [3.63, 3.8) is 0 Å². The van der Waals surface area contributed by atoms with Gasteiger partial charge in [-0.1, -0.05) is 13.3 Å². The van der Waals surface area contributed by atoms with E-state index in [1.54, 1.807) is 16.7 Å². The van der Waals surface area contributed by atoms with Crippen LogP contribution in [0.2, 0.25) is 0 Å². The van der Waals surface area contributed by atoms with Crippen LogP contribution in [-0.2, 0) is 6.54 Å². The Morgan fingerprint density at radius 2 is 2.11 bits per heavy atom. The van der Waals surface area contributed by atoms with Crippen molar-refractivity contribution in [1.29, 1.82) is 0 Å². The predicted octanol–water partition coefficient (Wildman–Crippen LogP) is 3.26. The number of hydrogen-bond acceptors (Lipinski definition) is 2. The molecule has 4 nitrogen and oxygen atoms in total. The number of benzene rings is 1. The van der Waals surface area contributed by atoms with E-state index >= 15 is 0 Å². The highest BCUT2D eigenvalue weighted by Gasteiger charge is 2.11. The topological polar surface area (TPSA) is 59.3 Å². The van der Waals surface area contributed by atoms with Crippen molar-refractivity contribution in [2.24, 2.45) is 0 Å². The van der Waals surface area contributed by atoms with Crippen LogP contribution in [0.15, 0.2) is 33.5 Å². The van der Waals surface area contributed by atoms with Crippen LogP contribution in [-0.4, -0.2) is 15.6 Å². The maximum absolute atomic E-state index is 11.9. The van der Waals surface area contributed by atoms with Crippen molar-refractivity contribution in [3.8, 4) is 0 Å². The highest BCUT2D eigenvalue weighted by atomic mass is 79.9. The van der Waals surface area contributed by atoms with Gasteiger partial charge in [-0.2, -0.15) is 0 Å². The summed E-state index contributed by atoms with van der Waals surface area (Å²) >= 11 is 3.37. The summed E-state index contributed by atoms with van der Waals surface area (Å²) in [6.07, 6.45) is 1.90. The first kappa shape index (κ1) is 13.8. The van der Waals surface area contributed by atoms with Gasteiger partial charge in [-0.05, 0) is 40.5 Å². The van der Waals surface area contributed by atoms with Gasteiger partial charge in [-0.15, -0.1) is 0 Å². The van der Waals surface area contributed by atoms with Crippen LogP contribution in [0, 0.1) is 0 Å². The Hall–Kier alpha value is -1.62. The van der Waals surface area contributed by atoms with Gasteiger partial charge in [0, 0.05) is 22.5 Å². The van der Waals surface area contributed by atoms with Crippen molar-refractivity contribution in [2.45, 2.75) is 26.3 Å². The third-order valence-corrected chi connectivity index (χ3v) is 3.62. The van der Waals surface area contributed by atoms with E-state index in [9.17, 15) is 9.59 Å². The smallest absolute Gasteiger partial charge is 0.335 e. The molecule has 100 valence electrons. The van der Waals surface area contributed by atoms with E-state index in [1.165, 1.54) is 12.1 Å². The van der Waals surface area contributed by atoms with Gasteiger partial charge in [-0.3, -0.25) is 4.79 Å². The molecule has 0 fully saturated rings. The molecule has 1 aromatic heterocycles. The molecule has 1 heterocycles. The fourth-order valence-corrected chi connectivity index (χ4v) is 2.74. The standard InChI is InChI=1S/C14H14BrNO3/c1-2-3-6-16-12(17)5-4-9-7-10(14(18)19)8-11(15)13(9)16/h4-5,7-8H,2-3,6H2,1H3,(H,18,19). The summed E-state index contributed by atoms with van der Waals surface area (Å²) in [7, 11) is 0. The van der Waals surface area contributed by atoms with E-state index in [4.69, 9.17) is 5.11 Å². The second kappa shape index (κ2) is 5.57. The molecule has 2 aromatic rings.